The molecular weight excluding hydrogens is 494 g/mol. The number of halogens is 1. The molecule has 0 saturated carbocycles. The van der Waals surface area contributed by atoms with Gasteiger partial charge in [0, 0.05) is 36.9 Å². The molecule has 36 heavy (non-hydrogen) atoms. The Morgan fingerprint density at radius 2 is 1.58 bits per heavy atom. The maximum absolute atomic E-state index is 13.6. The highest BCUT2D eigenvalue weighted by Crippen LogP contribution is 2.28. The Bertz CT molecular complexity index is 1300. The molecule has 1 heterocycles. The van der Waals surface area contributed by atoms with Crippen molar-refractivity contribution < 1.29 is 13.2 Å². The zero-order valence-corrected chi connectivity index (χ0v) is 22.5. The maximum Gasteiger partial charge on any atom is 0.264 e. The predicted molar refractivity (Wildman–Crippen MR) is 146 cm³/mol. The molecule has 1 saturated heterocycles. The first-order valence-electron chi connectivity index (χ1n) is 12.1. The Hall–Kier alpha value is -3.03. The van der Waals surface area contributed by atoms with Gasteiger partial charge in [0.2, 0.25) is 5.91 Å². The summed E-state index contributed by atoms with van der Waals surface area (Å²) in [5.41, 5.74) is 3.77. The summed E-state index contributed by atoms with van der Waals surface area (Å²) in [6.07, 6.45) is 0. The number of piperazine rings is 1. The van der Waals surface area contributed by atoms with Crippen LogP contribution in [0.2, 0.25) is 5.02 Å². The molecule has 0 radical (unpaired) electrons. The quantitative estimate of drug-likeness (QED) is 0.419. The monoisotopic (exact) mass is 525 g/mol. The van der Waals surface area contributed by atoms with Crippen LogP contribution >= 0.6 is 11.6 Å². The van der Waals surface area contributed by atoms with E-state index in [-0.39, 0.29) is 17.3 Å². The van der Waals surface area contributed by atoms with Gasteiger partial charge < -0.3 is 9.80 Å². The van der Waals surface area contributed by atoms with E-state index in [1.165, 1.54) is 4.31 Å². The molecule has 1 aliphatic heterocycles. The van der Waals surface area contributed by atoms with Crippen LogP contribution in [0.5, 0.6) is 0 Å². The summed E-state index contributed by atoms with van der Waals surface area (Å²) in [4.78, 5) is 17.5. The van der Waals surface area contributed by atoms with Crippen molar-refractivity contribution in [2.75, 3.05) is 41.9 Å². The number of carbonyl (C=O) groups excluding carboxylic acids is 1. The van der Waals surface area contributed by atoms with Crippen LogP contribution in [0.4, 0.5) is 11.4 Å². The van der Waals surface area contributed by atoms with Gasteiger partial charge in [-0.15, -0.1) is 0 Å². The second-order valence-electron chi connectivity index (χ2n) is 9.37. The van der Waals surface area contributed by atoms with Crippen molar-refractivity contribution in [3.8, 4) is 0 Å². The van der Waals surface area contributed by atoms with Crippen molar-refractivity contribution in [3.05, 3.63) is 88.9 Å². The lowest BCUT2D eigenvalue weighted by Gasteiger charge is -2.37. The molecule has 0 spiro atoms. The number of hydrogen-bond acceptors (Lipinski definition) is 4. The first kappa shape index (κ1) is 26.0. The average Bonchev–Trinajstić information content (AvgIpc) is 2.89. The van der Waals surface area contributed by atoms with Crippen LogP contribution in [0.25, 0.3) is 0 Å². The van der Waals surface area contributed by atoms with Gasteiger partial charge >= 0.3 is 0 Å². The molecule has 1 aliphatic rings. The lowest BCUT2D eigenvalue weighted by Crippen LogP contribution is -2.52. The number of amides is 1. The maximum atomic E-state index is 13.6. The van der Waals surface area contributed by atoms with Gasteiger partial charge in [-0.05, 0) is 60.4 Å². The molecule has 0 bridgehead atoms. The second kappa shape index (κ2) is 10.9. The van der Waals surface area contributed by atoms with Crippen molar-refractivity contribution in [2.24, 2.45) is 0 Å². The van der Waals surface area contributed by atoms with Crippen molar-refractivity contribution in [1.29, 1.82) is 0 Å². The van der Waals surface area contributed by atoms with Gasteiger partial charge in [-0.3, -0.25) is 9.10 Å². The molecule has 6 nitrogen and oxygen atoms in total. The molecule has 1 amide bonds. The van der Waals surface area contributed by atoms with Gasteiger partial charge in [0.15, 0.2) is 0 Å². The first-order chi connectivity index (χ1) is 17.2. The fraction of sp³-hybridized carbons (Fsp3) is 0.321. The lowest BCUT2D eigenvalue weighted by atomic mass is 10.0. The Labute approximate surface area is 219 Å². The predicted octanol–water partition coefficient (Wildman–Crippen LogP) is 5.32. The van der Waals surface area contributed by atoms with E-state index in [1.807, 2.05) is 37.3 Å². The number of sulfonamides is 1. The number of hydrogen-bond donors (Lipinski definition) is 0. The highest BCUT2D eigenvalue weighted by molar-refractivity contribution is 7.92. The van der Waals surface area contributed by atoms with Crippen LogP contribution in [0.15, 0.2) is 77.7 Å². The van der Waals surface area contributed by atoms with Gasteiger partial charge in [0.05, 0.1) is 10.6 Å². The van der Waals surface area contributed by atoms with Gasteiger partial charge in [0.1, 0.15) is 6.54 Å². The second-order valence-corrected chi connectivity index (χ2v) is 11.7. The third kappa shape index (κ3) is 5.68. The lowest BCUT2D eigenvalue weighted by molar-refractivity contribution is -0.129. The van der Waals surface area contributed by atoms with Gasteiger partial charge in [0.25, 0.3) is 10.0 Å². The minimum atomic E-state index is -3.92. The topological polar surface area (TPSA) is 60.9 Å². The van der Waals surface area contributed by atoms with Crippen molar-refractivity contribution in [1.82, 2.24) is 4.90 Å². The van der Waals surface area contributed by atoms with E-state index in [0.29, 0.717) is 42.8 Å². The summed E-state index contributed by atoms with van der Waals surface area (Å²) in [7, 11) is -3.92. The summed E-state index contributed by atoms with van der Waals surface area (Å²) >= 11 is 6.20. The number of rotatable bonds is 7. The summed E-state index contributed by atoms with van der Waals surface area (Å²) in [6, 6.07) is 21.5. The van der Waals surface area contributed by atoms with Crippen LogP contribution in [0.3, 0.4) is 0 Å². The van der Waals surface area contributed by atoms with Crippen LogP contribution in [-0.2, 0) is 14.8 Å². The Morgan fingerprint density at radius 1 is 0.944 bits per heavy atom. The molecule has 190 valence electrons. The molecule has 3 aromatic rings. The third-order valence-corrected chi connectivity index (χ3v) is 8.63. The van der Waals surface area contributed by atoms with E-state index in [9.17, 15) is 13.2 Å². The Morgan fingerprint density at radius 3 is 2.19 bits per heavy atom. The van der Waals surface area contributed by atoms with Crippen LogP contribution in [0.1, 0.15) is 30.9 Å². The first-order valence-corrected chi connectivity index (χ1v) is 14.0. The van der Waals surface area contributed by atoms with Crippen molar-refractivity contribution >= 4 is 38.9 Å². The highest BCUT2D eigenvalue weighted by atomic mass is 35.5. The molecule has 0 unspecified atom stereocenters. The van der Waals surface area contributed by atoms with Gasteiger partial charge in [-0.25, -0.2) is 8.42 Å². The zero-order chi connectivity index (χ0) is 25.9. The highest BCUT2D eigenvalue weighted by Gasteiger charge is 2.30. The van der Waals surface area contributed by atoms with Crippen LogP contribution in [0, 0.1) is 6.92 Å². The summed E-state index contributed by atoms with van der Waals surface area (Å²) in [6.45, 7) is 8.28. The van der Waals surface area contributed by atoms with Gasteiger partial charge in [-0.2, -0.15) is 0 Å². The Kier molecular flexibility index (Phi) is 7.91. The fourth-order valence-electron chi connectivity index (χ4n) is 4.40. The average molecular weight is 526 g/mol. The molecule has 4 rings (SSSR count). The smallest absolute Gasteiger partial charge is 0.264 e. The SMILES string of the molecule is Cc1ccc(Cl)cc1N1CCN(C(=O)CN(c2ccc(C(C)C)cc2)S(=O)(=O)c2ccccc2)CC1. The fourth-order valence-corrected chi connectivity index (χ4v) is 6.00. The van der Waals surface area contributed by atoms with E-state index in [0.717, 1.165) is 16.8 Å². The summed E-state index contributed by atoms with van der Waals surface area (Å²) < 4.78 is 28.4. The molecule has 0 aliphatic carbocycles. The molecule has 3 aromatic carbocycles. The van der Waals surface area contributed by atoms with E-state index in [4.69, 9.17) is 11.6 Å². The van der Waals surface area contributed by atoms with Crippen LogP contribution in [-0.4, -0.2) is 51.9 Å². The molecule has 1 fully saturated rings. The van der Waals surface area contributed by atoms with Crippen molar-refractivity contribution in [2.45, 2.75) is 31.6 Å². The number of aryl methyl sites for hydroxylation is 1. The minimum absolute atomic E-state index is 0.159. The van der Waals surface area contributed by atoms with E-state index < -0.39 is 10.0 Å². The number of carbonyl (C=O) groups is 1. The zero-order valence-electron chi connectivity index (χ0n) is 20.9. The van der Waals surface area contributed by atoms with Crippen LogP contribution < -0.4 is 9.21 Å². The van der Waals surface area contributed by atoms with E-state index >= 15 is 0 Å². The minimum Gasteiger partial charge on any atom is -0.368 e. The Balaban J connectivity index is 1.54. The standard InChI is InChI=1S/C28H32ClN3O3S/c1-21(2)23-10-13-25(14-11-23)32(36(34,35)26-7-5-4-6-8-26)20-28(33)31-17-15-30(16-18-31)27-19-24(29)12-9-22(27)3/h4-14,19,21H,15-18,20H2,1-3H3. The number of nitrogens with zero attached hydrogens (tertiary/aromatic N) is 3. The summed E-state index contributed by atoms with van der Waals surface area (Å²) in [5.74, 6) is 0.101. The number of benzene rings is 3. The molecule has 0 atom stereocenters. The third-order valence-electron chi connectivity index (χ3n) is 6.60. The summed E-state index contributed by atoms with van der Waals surface area (Å²) in [5, 5.41) is 0.680. The van der Waals surface area contributed by atoms with Crippen molar-refractivity contribution in [3.63, 3.8) is 0 Å². The largest absolute Gasteiger partial charge is 0.368 e. The number of anilines is 2. The normalized spacial score (nSPS) is 14.2. The van der Waals surface area contributed by atoms with Gasteiger partial charge in [-0.1, -0.05) is 61.8 Å². The molecular formula is C28H32ClN3O3S. The molecule has 0 N–H and O–H groups in total. The molecule has 8 heteroatoms. The van der Waals surface area contributed by atoms with E-state index in [2.05, 4.69) is 18.7 Å². The van der Waals surface area contributed by atoms with E-state index in [1.54, 1.807) is 47.4 Å². The molecule has 0 aromatic heterocycles.